The highest BCUT2D eigenvalue weighted by Crippen LogP contribution is 2.09. The van der Waals surface area contributed by atoms with Crippen molar-refractivity contribution in [3.05, 3.63) is 25.0 Å². The fourth-order valence-electron chi connectivity index (χ4n) is 0.685. The number of nitrogens with zero attached hydrogens (tertiary/aromatic N) is 2. The fourth-order valence-corrected chi connectivity index (χ4v) is 0.685. The smallest absolute Gasteiger partial charge is 0.0649 e. The first-order valence-corrected chi connectivity index (χ1v) is 3.06. The quantitative estimate of drug-likeness (QED) is 0.555. The Hall–Kier alpha value is -0.790. The zero-order valence-electron chi connectivity index (χ0n) is 5.83. The molecule has 0 aromatic carbocycles. The lowest BCUT2D eigenvalue weighted by atomic mass is 10.1. The van der Waals surface area contributed by atoms with Crippen LogP contribution in [0.4, 0.5) is 0 Å². The summed E-state index contributed by atoms with van der Waals surface area (Å²) in [5.74, 6) is 0.507. The Balaban J connectivity index is 2.85. The van der Waals surface area contributed by atoms with Gasteiger partial charge in [0.05, 0.1) is 12.7 Å². The summed E-state index contributed by atoms with van der Waals surface area (Å²) in [7, 11) is 3.63. The van der Waals surface area contributed by atoms with Gasteiger partial charge in [-0.15, -0.1) is 0 Å². The van der Waals surface area contributed by atoms with Gasteiger partial charge in [0.25, 0.3) is 0 Å². The SMILES string of the molecule is [CH2]n1ccc(C(C)C)n1. The van der Waals surface area contributed by atoms with E-state index in [0.717, 1.165) is 5.69 Å². The van der Waals surface area contributed by atoms with Gasteiger partial charge in [0.2, 0.25) is 0 Å². The summed E-state index contributed by atoms with van der Waals surface area (Å²) >= 11 is 0. The Labute approximate surface area is 55.5 Å². The zero-order valence-corrected chi connectivity index (χ0v) is 5.83. The van der Waals surface area contributed by atoms with Gasteiger partial charge in [-0.25, -0.2) is 0 Å². The first-order valence-electron chi connectivity index (χ1n) is 3.06. The molecule has 0 unspecified atom stereocenters. The van der Waals surface area contributed by atoms with Gasteiger partial charge >= 0.3 is 0 Å². The summed E-state index contributed by atoms with van der Waals surface area (Å²) in [5.41, 5.74) is 1.10. The molecule has 2 nitrogen and oxygen atoms in total. The van der Waals surface area contributed by atoms with E-state index in [1.165, 1.54) is 0 Å². The molecule has 1 rings (SSSR count). The van der Waals surface area contributed by atoms with E-state index in [4.69, 9.17) is 0 Å². The molecular formula is C7H11N2. The van der Waals surface area contributed by atoms with Gasteiger partial charge in [-0.3, -0.25) is 4.68 Å². The summed E-state index contributed by atoms with van der Waals surface area (Å²) in [6.07, 6.45) is 1.86. The lowest BCUT2D eigenvalue weighted by Gasteiger charge is -1.95. The third-order valence-corrected chi connectivity index (χ3v) is 1.25. The Morgan fingerprint density at radius 1 is 1.67 bits per heavy atom. The van der Waals surface area contributed by atoms with E-state index >= 15 is 0 Å². The highest BCUT2D eigenvalue weighted by atomic mass is 15.2. The second kappa shape index (κ2) is 2.21. The Morgan fingerprint density at radius 3 is 2.56 bits per heavy atom. The van der Waals surface area contributed by atoms with Crippen molar-refractivity contribution in [1.29, 1.82) is 0 Å². The largest absolute Gasteiger partial charge is 0.271 e. The lowest BCUT2D eigenvalue weighted by Crippen LogP contribution is -1.90. The van der Waals surface area contributed by atoms with Gasteiger partial charge in [0, 0.05) is 6.20 Å². The molecule has 0 saturated carbocycles. The molecule has 0 aliphatic rings. The molecule has 0 spiro atoms. The van der Waals surface area contributed by atoms with Gasteiger partial charge in [0.1, 0.15) is 0 Å². The minimum Gasteiger partial charge on any atom is -0.271 e. The van der Waals surface area contributed by atoms with Gasteiger partial charge in [-0.2, -0.15) is 5.10 Å². The van der Waals surface area contributed by atoms with Gasteiger partial charge in [-0.1, -0.05) is 13.8 Å². The van der Waals surface area contributed by atoms with Crippen molar-refractivity contribution < 1.29 is 0 Å². The van der Waals surface area contributed by atoms with E-state index in [0.29, 0.717) is 5.92 Å². The van der Waals surface area contributed by atoms with Crippen LogP contribution in [0.5, 0.6) is 0 Å². The molecule has 0 N–H and O–H groups in total. The Bertz CT molecular complexity index is 189. The van der Waals surface area contributed by atoms with Crippen molar-refractivity contribution in [3.8, 4) is 0 Å². The molecule has 0 aliphatic heterocycles. The molecule has 49 valence electrons. The van der Waals surface area contributed by atoms with Crippen LogP contribution in [0.25, 0.3) is 0 Å². The van der Waals surface area contributed by atoms with Gasteiger partial charge in [-0.05, 0) is 12.0 Å². The molecule has 1 aromatic rings. The molecule has 0 fully saturated rings. The van der Waals surface area contributed by atoms with Crippen molar-refractivity contribution in [2.75, 3.05) is 0 Å². The molecule has 0 saturated heterocycles. The second-order valence-electron chi connectivity index (χ2n) is 2.43. The van der Waals surface area contributed by atoms with Crippen molar-refractivity contribution in [2.45, 2.75) is 19.8 Å². The number of hydrogen-bond acceptors (Lipinski definition) is 1. The van der Waals surface area contributed by atoms with Crippen LogP contribution in [0.3, 0.4) is 0 Å². The number of hydrogen-bond donors (Lipinski definition) is 0. The summed E-state index contributed by atoms with van der Waals surface area (Å²) in [6, 6.07) is 1.98. The molecular weight excluding hydrogens is 112 g/mol. The van der Waals surface area contributed by atoms with Crippen LogP contribution in [0.15, 0.2) is 12.3 Å². The third kappa shape index (κ3) is 1.31. The molecule has 0 bridgehead atoms. The van der Waals surface area contributed by atoms with Crippen LogP contribution < -0.4 is 0 Å². The van der Waals surface area contributed by atoms with Crippen molar-refractivity contribution in [3.63, 3.8) is 0 Å². The highest BCUT2D eigenvalue weighted by Gasteiger charge is 1.99. The monoisotopic (exact) mass is 123 g/mol. The summed E-state index contributed by atoms with van der Waals surface area (Å²) in [6.45, 7) is 4.23. The molecule has 1 radical (unpaired) electrons. The predicted molar refractivity (Wildman–Crippen MR) is 37.1 cm³/mol. The average molecular weight is 123 g/mol. The van der Waals surface area contributed by atoms with E-state index in [2.05, 4.69) is 26.0 Å². The average Bonchev–Trinajstić information content (AvgIpc) is 2.14. The van der Waals surface area contributed by atoms with Crippen molar-refractivity contribution in [2.24, 2.45) is 0 Å². The molecule has 0 amide bonds. The van der Waals surface area contributed by atoms with Crippen LogP contribution >= 0.6 is 0 Å². The first-order chi connectivity index (χ1) is 4.20. The lowest BCUT2D eigenvalue weighted by molar-refractivity contribution is 0.766. The Morgan fingerprint density at radius 2 is 2.33 bits per heavy atom. The maximum Gasteiger partial charge on any atom is 0.0649 e. The zero-order chi connectivity index (χ0) is 6.85. The minimum atomic E-state index is 0.507. The Kier molecular flexibility index (Phi) is 1.56. The maximum absolute atomic E-state index is 4.12. The normalized spacial score (nSPS) is 10.7. The summed E-state index contributed by atoms with van der Waals surface area (Å²) in [4.78, 5) is 0. The van der Waals surface area contributed by atoms with Crippen molar-refractivity contribution >= 4 is 0 Å². The molecule has 9 heavy (non-hydrogen) atoms. The maximum atomic E-state index is 4.12. The molecule has 1 heterocycles. The van der Waals surface area contributed by atoms with Crippen LogP contribution in [-0.4, -0.2) is 9.78 Å². The van der Waals surface area contributed by atoms with E-state index in [-0.39, 0.29) is 0 Å². The van der Waals surface area contributed by atoms with E-state index in [1.54, 1.807) is 4.68 Å². The van der Waals surface area contributed by atoms with Crippen LogP contribution in [0.1, 0.15) is 25.5 Å². The predicted octanol–water partition coefficient (Wildman–Crippen LogP) is 1.65. The molecule has 1 aromatic heterocycles. The molecule has 2 heteroatoms. The summed E-state index contributed by atoms with van der Waals surface area (Å²) < 4.78 is 1.58. The molecule has 0 aliphatic carbocycles. The standard InChI is InChI=1S/C7H11N2/c1-6(2)7-4-5-9(3)8-7/h4-6H,3H2,1-2H3. The van der Waals surface area contributed by atoms with E-state index < -0.39 is 0 Å². The van der Waals surface area contributed by atoms with E-state index in [1.807, 2.05) is 12.3 Å². The van der Waals surface area contributed by atoms with Gasteiger partial charge in [0.15, 0.2) is 0 Å². The van der Waals surface area contributed by atoms with Crippen LogP contribution in [0, 0.1) is 7.05 Å². The topological polar surface area (TPSA) is 17.8 Å². The highest BCUT2D eigenvalue weighted by molar-refractivity contribution is 5.03. The van der Waals surface area contributed by atoms with Crippen LogP contribution in [-0.2, 0) is 0 Å². The first kappa shape index (κ1) is 6.33. The minimum absolute atomic E-state index is 0.507. The summed E-state index contributed by atoms with van der Waals surface area (Å²) in [5, 5.41) is 4.12. The molecule has 0 atom stereocenters. The van der Waals surface area contributed by atoms with Gasteiger partial charge < -0.3 is 0 Å². The third-order valence-electron chi connectivity index (χ3n) is 1.25. The fraction of sp³-hybridized carbons (Fsp3) is 0.429. The van der Waals surface area contributed by atoms with Crippen LogP contribution in [0.2, 0.25) is 0 Å². The second-order valence-corrected chi connectivity index (χ2v) is 2.43. The number of rotatable bonds is 1. The number of aromatic nitrogens is 2. The van der Waals surface area contributed by atoms with E-state index in [9.17, 15) is 0 Å². The van der Waals surface area contributed by atoms with Crippen molar-refractivity contribution in [1.82, 2.24) is 9.78 Å².